The summed E-state index contributed by atoms with van der Waals surface area (Å²) < 4.78 is 29.4. The molecule has 134 valence electrons. The first-order valence-corrected chi connectivity index (χ1v) is 9.83. The van der Waals surface area contributed by atoms with E-state index in [0.717, 1.165) is 12.0 Å². The average Bonchev–Trinajstić information content (AvgIpc) is 2.94. The summed E-state index contributed by atoms with van der Waals surface area (Å²) in [7, 11) is -1.99. The molecular formula is C18H23N3O3S. The number of sulfonamides is 1. The Labute approximate surface area is 148 Å². The molecule has 1 aliphatic rings. The molecule has 0 saturated carbocycles. The molecular weight excluding hydrogens is 338 g/mol. The molecule has 0 bridgehead atoms. The van der Waals surface area contributed by atoms with Gasteiger partial charge in [-0.1, -0.05) is 12.1 Å². The van der Waals surface area contributed by atoms with Gasteiger partial charge in [0.1, 0.15) is 10.6 Å². The number of rotatable bonds is 4. The number of carbonyl (C=O) groups is 1. The second kappa shape index (κ2) is 6.55. The first kappa shape index (κ1) is 17.5. The van der Waals surface area contributed by atoms with Crippen molar-refractivity contribution in [2.45, 2.75) is 31.7 Å². The fraction of sp³-hybridized carbons (Fsp3) is 0.389. The van der Waals surface area contributed by atoms with Crippen LogP contribution < -0.4 is 4.31 Å². The molecule has 0 saturated heterocycles. The summed E-state index contributed by atoms with van der Waals surface area (Å²) in [6.45, 7) is 5.36. The molecule has 3 rings (SSSR count). The number of amides is 1. The summed E-state index contributed by atoms with van der Waals surface area (Å²) in [6, 6.07) is 8.91. The fourth-order valence-electron chi connectivity index (χ4n) is 3.17. The van der Waals surface area contributed by atoms with Crippen LogP contribution in [0.15, 0.2) is 41.4 Å². The normalized spacial score (nSPS) is 15.0. The van der Waals surface area contributed by atoms with Gasteiger partial charge in [0.2, 0.25) is 0 Å². The molecule has 0 radical (unpaired) electrons. The van der Waals surface area contributed by atoms with E-state index in [2.05, 4.69) is 0 Å². The van der Waals surface area contributed by atoms with Gasteiger partial charge >= 0.3 is 0 Å². The molecule has 0 fully saturated rings. The van der Waals surface area contributed by atoms with Gasteiger partial charge in [-0.3, -0.25) is 9.10 Å². The minimum absolute atomic E-state index is 0.141. The van der Waals surface area contributed by atoms with Crippen molar-refractivity contribution in [2.24, 2.45) is 0 Å². The van der Waals surface area contributed by atoms with Crippen molar-refractivity contribution in [1.82, 2.24) is 9.47 Å². The first-order valence-electron chi connectivity index (χ1n) is 8.39. The van der Waals surface area contributed by atoms with E-state index in [1.165, 1.54) is 10.4 Å². The van der Waals surface area contributed by atoms with Crippen molar-refractivity contribution in [3.05, 3.63) is 47.8 Å². The highest BCUT2D eigenvalue weighted by Crippen LogP contribution is 2.27. The lowest BCUT2D eigenvalue weighted by Gasteiger charge is -2.22. The predicted octanol–water partition coefficient (Wildman–Crippen LogP) is 2.49. The molecule has 7 heteroatoms. The van der Waals surface area contributed by atoms with Crippen LogP contribution in [0.5, 0.6) is 0 Å². The maximum atomic E-state index is 13.2. The highest BCUT2D eigenvalue weighted by atomic mass is 32.2. The van der Waals surface area contributed by atoms with E-state index in [0.29, 0.717) is 31.0 Å². The number of carbonyl (C=O) groups excluding carboxylic acids is 1. The van der Waals surface area contributed by atoms with Gasteiger partial charge in [-0.15, -0.1) is 0 Å². The minimum Gasteiger partial charge on any atom is -0.342 e. The number of anilines is 1. The Morgan fingerprint density at radius 3 is 2.64 bits per heavy atom. The molecule has 0 N–H and O–H groups in total. The molecule has 2 heterocycles. The van der Waals surface area contributed by atoms with Gasteiger partial charge in [-0.2, -0.15) is 0 Å². The van der Waals surface area contributed by atoms with E-state index >= 15 is 0 Å². The topological polar surface area (TPSA) is 62.6 Å². The lowest BCUT2D eigenvalue weighted by molar-refractivity contribution is 0.0796. The number of benzene rings is 1. The predicted molar refractivity (Wildman–Crippen MR) is 97.4 cm³/mol. The summed E-state index contributed by atoms with van der Waals surface area (Å²) in [5, 5.41) is 0. The maximum Gasteiger partial charge on any atom is 0.270 e. The number of fused-ring (bicyclic) bond motifs is 1. The van der Waals surface area contributed by atoms with Crippen LogP contribution in [0.2, 0.25) is 0 Å². The number of aromatic nitrogens is 1. The van der Waals surface area contributed by atoms with Gasteiger partial charge in [-0.25, -0.2) is 8.42 Å². The van der Waals surface area contributed by atoms with Crippen molar-refractivity contribution >= 4 is 21.6 Å². The maximum absolute atomic E-state index is 13.2. The molecule has 0 atom stereocenters. The lowest BCUT2D eigenvalue weighted by atomic mass is 10.2. The van der Waals surface area contributed by atoms with E-state index < -0.39 is 10.0 Å². The monoisotopic (exact) mass is 361 g/mol. The smallest absolute Gasteiger partial charge is 0.270 e. The Kier molecular flexibility index (Phi) is 4.60. The molecule has 1 aliphatic heterocycles. The number of hydrogen-bond acceptors (Lipinski definition) is 3. The fourth-order valence-corrected chi connectivity index (χ4v) is 4.67. The highest BCUT2D eigenvalue weighted by Gasteiger charge is 2.29. The third-order valence-electron chi connectivity index (χ3n) is 4.49. The molecule has 0 spiro atoms. The van der Waals surface area contributed by atoms with Crippen molar-refractivity contribution in [3.8, 4) is 0 Å². The summed E-state index contributed by atoms with van der Waals surface area (Å²) in [5.74, 6) is -0.141. The van der Waals surface area contributed by atoms with Crippen molar-refractivity contribution in [1.29, 1.82) is 0 Å². The van der Waals surface area contributed by atoms with E-state index in [1.807, 2.05) is 25.1 Å². The van der Waals surface area contributed by atoms with Crippen LogP contribution in [0.3, 0.4) is 0 Å². The Morgan fingerprint density at radius 1 is 1.20 bits per heavy atom. The summed E-state index contributed by atoms with van der Waals surface area (Å²) in [5.41, 5.74) is 2.06. The van der Waals surface area contributed by atoms with Gasteiger partial charge in [0.15, 0.2) is 0 Å². The third-order valence-corrected chi connectivity index (χ3v) is 6.36. The molecule has 1 aromatic heterocycles. The Hall–Kier alpha value is -2.28. The molecule has 1 amide bonds. The first-order chi connectivity index (χ1) is 11.8. The van der Waals surface area contributed by atoms with E-state index in [9.17, 15) is 13.2 Å². The van der Waals surface area contributed by atoms with Crippen LogP contribution in [-0.4, -0.2) is 43.9 Å². The van der Waals surface area contributed by atoms with Crippen molar-refractivity contribution in [3.63, 3.8) is 0 Å². The SMILES string of the molecule is CCN(c1cccc(C)c1)S(=O)(=O)c1cc2n(c1)CCCN(C)C2=O. The third kappa shape index (κ3) is 3.16. The van der Waals surface area contributed by atoms with Crippen LogP contribution in [0.1, 0.15) is 29.4 Å². The van der Waals surface area contributed by atoms with Crippen LogP contribution in [0, 0.1) is 6.92 Å². The molecule has 2 aromatic rings. The van der Waals surface area contributed by atoms with E-state index in [4.69, 9.17) is 0 Å². The van der Waals surface area contributed by atoms with Crippen LogP contribution in [0.25, 0.3) is 0 Å². The lowest BCUT2D eigenvalue weighted by Crippen LogP contribution is -2.30. The van der Waals surface area contributed by atoms with Crippen LogP contribution >= 0.6 is 0 Å². The van der Waals surface area contributed by atoms with E-state index in [-0.39, 0.29) is 10.8 Å². The number of aryl methyl sites for hydroxylation is 2. The molecule has 25 heavy (non-hydrogen) atoms. The number of hydrogen-bond donors (Lipinski definition) is 0. The second-order valence-electron chi connectivity index (χ2n) is 6.34. The Balaban J connectivity index is 2.04. The van der Waals surface area contributed by atoms with Gasteiger partial charge in [0.05, 0.1) is 5.69 Å². The highest BCUT2D eigenvalue weighted by molar-refractivity contribution is 7.92. The zero-order valence-electron chi connectivity index (χ0n) is 14.8. The van der Waals surface area contributed by atoms with Gasteiger partial charge in [0, 0.05) is 32.9 Å². The van der Waals surface area contributed by atoms with Crippen molar-refractivity contribution < 1.29 is 13.2 Å². The minimum atomic E-state index is -3.73. The molecule has 0 aliphatic carbocycles. The van der Waals surface area contributed by atoms with Crippen LogP contribution in [-0.2, 0) is 16.6 Å². The summed E-state index contributed by atoms with van der Waals surface area (Å²) >= 11 is 0. The van der Waals surface area contributed by atoms with Crippen molar-refractivity contribution in [2.75, 3.05) is 24.4 Å². The zero-order chi connectivity index (χ0) is 18.2. The van der Waals surface area contributed by atoms with Crippen LogP contribution in [0.4, 0.5) is 5.69 Å². The van der Waals surface area contributed by atoms with Gasteiger partial charge < -0.3 is 9.47 Å². The quantitative estimate of drug-likeness (QED) is 0.840. The Bertz CT molecular complexity index is 902. The van der Waals surface area contributed by atoms with Gasteiger partial charge in [-0.05, 0) is 44.0 Å². The zero-order valence-corrected chi connectivity index (χ0v) is 15.6. The summed E-state index contributed by atoms with van der Waals surface area (Å²) in [4.78, 5) is 14.2. The molecule has 0 unspecified atom stereocenters. The Morgan fingerprint density at radius 2 is 1.96 bits per heavy atom. The summed E-state index contributed by atoms with van der Waals surface area (Å²) in [6.07, 6.45) is 2.39. The molecule has 6 nitrogen and oxygen atoms in total. The standard InChI is InChI=1S/C18H23N3O3S/c1-4-21(15-8-5-7-14(2)11-15)25(23,24)16-12-17-18(22)19(3)9-6-10-20(17)13-16/h5,7-8,11-13H,4,6,9-10H2,1-3H3. The average molecular weight is 361 g/mol. The number of nitrogens with zero attached hydrogens (tertiary/aromatic N) is 3. The van der Waals surface area contributed by atoms with Gasteiger partial charge in [0.25, 0.3) is 15.9 Å². The second-order valence-corrected chi connectivity index (χ2v) is 8.21. The largest absolute Gasteiger partial charge is 0.342 e. The molecule has 1 aromatic carbocycles. The van der Waals surface area contributed by atoms with E-state index in [1.54, 1.807) is 35.7 Å².